The standard InChI is InChI=1S/C15H20ClN5/c1-19-10-12(9-18-19)11-20-4-6-21(7-5-20)15-3-2-13(17)8-14(15)16/h2-3,8-10H,4-7,11,17H2,1H3. The molecule has 5 nitrogen and oxygen atoms in total. The Balaban J connectivity index is 1.59. The van der Waals surface area contributed by atoms with Crippen molar-refractivity contribution in [2.45, 2.75) is 6.54 Å². The van der Waals surface area contributed by atoms with E-state index in [1.54, 1.807) is 0 Å². The van der Waals surface area contributed by atoms with E-state index in [1.807, 2.05) is 36.1 Å². The van der Waals surface area contributed by atoms with E-state index in [0.717, 1.165) is 43.4 Å². The third-order valence-corrected chi connectivity index (χ3v) is 4.15. The van der Waals surface area contributed by atoms with Crippen LogP contribution in [-0.2, 0) is 13.6 Å². The van der Waals surface area contributed by atoms with Gasteiger partial charge in [-0.15, -0.1) is 0 Å². The van der Waals surface area contributed by atoms with Crippen molar-refractivity contribution in [3.63, 3.8) is 0 Å². The van der Waals surface area contributed by atoms with Crippen LogP contribution < -0.4 is 10.6 Å². The summed E-state index contributed by atoms with van der Waals surface area (Å²) < 4.78 is 1.85. The van der Waals surface area contributed by atoms with Gasteiger partial charge in [-0.2, -0.15) is 5.10 Å². The van der Waals surface area contributed by atoms with E-state index in [4.69, 9.17) is 17.3 Å². The Labute approximate surface area is 129 Å². The Morgan fingerprint density at radius 2 is 2.00 bits per heavy atom. The van der Waals surface area contributed by atoms with Crippen LogP contribution in [-0.4, -0.2) is 40.9 Å². The number of benzene rings is 1. The van der Waals surface area contributed by atoms with Gasteiger partial charge in [0.25, 0.3) is 0 Å². The van der Waals surface area contributed by atoms with Gasteiger partial charge in [0.1, 0.15) is 0 Å². The number of aromatic nitrogens is 2. The lowest BCUT2D eigenvalue weighted by molar-refractivity contribution is 0.250. The maximum Gasteiger partial charge on any atom is 0.0660 e. The highest BCUT2D eigenvalue weighted by Crippen LogP contribution is 2.28. The Hall–Kier alpha value is -1.72. The molecule has 0 bridgehead atoms. The average Bonchev–Trinajstić information content (AvgIpc) is 2.85. The molecule has 1 aliphatic heterocycles. The van der Waals surface area contributed by atoms with Crippen LogP contribution in [0.2, 0.25) is 5.02 Å². The molecule has 112 valence electrons. The van der Waals surface area contributed by atoms with E-state index in [9.17, 15) is 0 Å². The highest BCUT2D eigenvalue weighted by atomic mass is 35.5. The molecule has 21 heavy (non-hydrogen) atoms. The zero-order valence-corrected chi connectivity index (χ0v) is 12.9. The first-order valence-electron chi connectivity index (χ1n) is 7.11. The molecule has 0 amide bonds. The lowest BCUT2D eigenvalue weighted by Crippen LogP contribution is -2.46. The maximum absolute atomic E-state index is 6.29. The second-order valence-corrected chi connectivity index (χ2v) is 5.90. The summed E-state index contributed by atoms with van der Waals surface area (Å²) in [7, 11) is 1.95. The molecule has 1 aromatic carbocycles. The molecule has 1 fully saturated rings. The number of aryl methyl sites for hydroxylation is 1. The van der Waals surface area contributed by atoms with E-state index in [1.165, 1.54) is 5.56 Å². The number of piperazine rings is 1. The zero-order chi connectivity index (χ0) is 14.8. The fraction of sp³-hybridized carbons (Fsp3) is 0.400. The molecular formula is C15H20ClN5. The van der Waals surface area contributed by atoms with Crippen molar-refractivity contribution < 1.29 is 0 Å². The number of rotatable bonds is 3. The van der Waals surface area contributed by atoms with Crippen LogP contribution in [0, 0.1) is 0 Å². The van der Waals surface area contributed by atoms with Crippen molar-refractivity contribution in [3.05, 3.63) is 41.2 Å². The smallest absolute Gasteiger partial charge is 0.0660 e. The van der Waals surface area contributed by atoms with Crippen LogP contribution >= 0.6 is 11.6 Å². The molecule has 2 N–H and O–H groups in total. The van der Waals surface area contributed by atoms with Gasteiger partial charge >= 0.3 is 0 Å². The van der Waals surface area contributed by atoms with E-state index in [2.05, 4.69) is 21.1 Å². The first-order valence-corrected chi connectivity index (χ1v) is 7.49. The second kappa shape index (κ2) is 5.95. The summed E-state index contributed by atoms with van der Waals surface area (Å²) in [4.78, 5) is 4.76. The summed E-state index contributed by atoms with van der Waals surface area (Å²) in [6.45, 7) is 4.95. The van der Waals surface area contributed by atoms with Gasteiger partial charge in [0.05, 0.1) is 16.9 Å². The van der Waals surface area contributed by atoms with Crippen LogP contribution in [0.4, 0.5) is 11.4 Å². The van der Waals surface area contributed by atoms with Gasteiger partial charge in [0.2, 0.25) is 0 Å². The van der Waals surface area contributed by atoms with Crippen LogP contribution in [0.25, 0.3) is 0 Å². The molecule has 1 aromatic heterocycles. The predicted octanol–water partition coefficient (Wildman–Crippen LogP) is 1.98. The van der Waals surface area contributed by atoms with Crippen molar-refractivity contribution in [3.8, 4) is 0 Å². The molecule has 1 saturated heterocycles. The SMILES string of the molecule is Cn1cc(CN2CCN(c3ccc(N)cc3Cl)CC2)cn1. The molecule has 0 radical (unpaired) electrons. The van der Waals surface area contributed by atoms with Gasteiger partial charge in [-0.1, -0.05) is 11.6 Å². The monoisotopic (exact) mass is 305 g/mol. The summed E-state index contributed by atoms with van der Waals surface area (Å²) in [6.07, 6.45) is 4.01. The highest BCUT2D eigenvalue weighted by Gasteiger charge is 2.19. The third kappa shape index (κ3) is 3.31. The quantitative estimate of drug-likeness (QED) is 0.881. The zero-order valence-electron chi connectivity index (χ0n) is 12.2. The van der Waals surface area contributed by atoms with Crippen molar-refractivity contribution in [2.75, 3.05) is 36.8 Å². The fourth-order valence-electron chi connectivity index (χ4n) is 2.74. The molecule has 6 heteroatoms. The summed E-state index contributed by atoms with van der Waals surface area (Å²) in [5.41, 5.74) is 8.79. The molecule has 3 rings (SSSR count). The fourth-order valence-corrected chi connectivity index (χ4v) is 3.05. The molecule has 1 aliphatic rings. The topological polar surface area (TPSA) is 50.3 Å². The van der Waals surface area contributed by atoms with Gasteiger partial charge in [0.15, 0.2) is 0 Å². The summed E-state index contributed by atoms with van der Waals surface area (Å²) in [6, 6.07) is 5.73. The molecule has 0 atom stereocenters. The van der Waals surface area contributed by atoms with Gasteiger partial charge < -0.3 is 10.6 Å². The van der Waals surface area contributed by atoms with Gasteiger partial charge in [-0.25, -0.2) is 0 Å². The number of halogens is 1. The lowest BCUT2D eigenvalue weighted by atomic mass is 10.2. The average molecular weight is 306 g/mol. The normalized spacial score (nSPS) is 16.4. The first-order chi connectivity index (χ1) is 10.1. The number of nitrogens with zero attached hydrogens (tertiary/aromatic N) is 4. The Kier molecular flexibility index (Phi) is 4.03. The number of hydrogen-bond donors (Lipinski definition) is 1. The van der Waals surface area contributed by atoms with Gasteiger partial charge in [-0.05, 0) is 18.2 Å². The van der Waals surface area contributed by atoms with Gasteiger partial charge in [-0.3, -0.25) is 9.58 Å². The number of hydrogen-bond acceptors (Lipinski definition) is 4. The molecule has 0 spiro atoms. The van der Waals surface area contributed by atoms with Crippen molar-refractivity contribution in [1.29, 1.82) is 0 Å². The van der Waals surface area contributed by atoms with Crippen LogP contribution in [0.1, 0.15) is 5.56 Å². The molecule has 0 unspecified atom stereocenters. The minimum absolute atomic E-state index is 0.707. The van der Waals surface area contributed by atoms with E-state index in [0.29, 0.717) is 5.69 Å². The number of anilines is 2. The summed E-state index contributed by atoms with van der Waals surface area (Å²) in [5.74, 6) is 0. The van der Waals surface area contributed by atoms with E-state index >= 15 is 0 Å². The van der Waals surface area contributed by atoms with Crippen molar-refractivity contribution >= 4 is 23.0 Å². The molecule has 0 aliphatic carbocycles. The number of nitrogen functional groups attached to an aromatic ring is 1. The summed E-state index contributed by atoms with van der Waals surface area (Å²) >= 11 is 6.29. The minimum atomic E-state index is 0.707. The lowest BCUT2D eigenvalue weighted by Gasteiger charge is -2.36. The molecule has 2 heterocycles. The molecule has 0 saturated carbocycles. The maximum atomic E-state index is 6.29. The number of nitrogens with two attached hydrogens (primary N) is 1. The van der Waals surface area contributed by atoms with E-state index in [-0.39, 0.29) is 0 Å². The van der Waals surface area contributed by atoms with Crippen molar-refractivity contribution in [1.82, 2.24) is 14.7 Å². The Morgan fingerprint density at radius 3 is 2.62 bits per heavy atom. The summed E-state index contributed by atoms with van der Waals surface area (Å²) in [5, 5.41) is 4.95. The third-order valence-electron chi connectivity index (χ3n) is 3.85. The van der Waals surface area contributed by atoms with Crippen LogP contribution in [0.3, 0.4) is 0 Å². The van der Waals surface area contributed by atoms with E-state index < -0.39 is 0 Å². The van der Waals surface area contributed by atoms with Crippen LogP contribution in [0.15, 0.2) is 30.6 Å². The Morgan fingerprint density at radius 1 is 1.24 bits per heavy atom. The largest absolute Gasteiger partial charge is 0.399 e. The van der Waals surface area contributed by atoms with Crippen LogP contribution in [0.5, 0.6) is 0 Å². The molecule has 2 aromatic rings. The van der Waals surface area contributed by atoms with Gasteiger partial charge in [0, 0.05) is 57.2 Å². The Bertz CT molecular complexity index is 616. The predicted molar refractivity (Wildman–Crippen MR) is 86.6 cm³/mol. The second-order valence-electron chi connectivity index (χ2n) is 5.50. The highest BCUT2D eigenvalue weighted by molar-refractivity contribution is 6.33. The first kappa shape index (κ1) is 14.2. The molecular weight excluding hydrogens is 286 g/mol. The minimum Gasteiger partial charge on any atom is -0.399 e. The van der Waals surface area contributed by atoms with Crippen molar-refractivity contribution in [2.24, 2.45) is 7.05 Å².